The quantitative estimate of drug-likeness (QED) is 0.319. The zero-order valence-electron chi connectivity index (χ0n) is 21.2. The largest absolute Gasteiger partial charge is 0.493 e. The number of fused-ring (bicyclic) bond motifs is 2. The van der Waals surface area contributed by atoms with Crippen LogP contribution in [-0.2, 0) is 6.54 Å². The average molecular weight is 520 g/mol. The molecule has 0 saturated heterocycles. The minimum atomic E-state index is -0.752. The first-order valence-electron chi connectivity index (χ1n) is 11.7. The van der Waals surface area contributed by atoms with Gasteiger partial charge < -0.3 is 23.5 Å². The number of benzene rings is 3. The smallest absolute Gasteiger partial charge is 0.291 e. The van der Waals surface area contributed by atoms with Crippen molar-refractivity contribution in [1.29, 1.82) is 0 Å². The Morgan fingerprint density at radius 2 is 1.57 bits per heavy atom. The summed E-state index contributed by atoms with van der Waals surface area (Å²) in [4.78, 5) is 29.3. The summed E-state index contributed by atoms with van der Waals surface area (Å²) in [7, 11) is 4.56. The number of rotatable bonds is 6. The van der Waals surface area contributed by atoms with Gasteiger partial charge in [0, 0.05) is 11.6 Å². The van der Waals surface area contributed by atoms with Gasteiger partial charge in [0.1, 0.15) is 5.58 Å². The fraction of sp³-hybridized carbons (Fsp3) is 0.241. The number of carbonyl (C=O) groups is 1. The highest BCUT2D eigenvalue weighted by Crippen LogP contribution is 2.45. The lowest BCUT2D eigenvalue weighted by atomic mass is 9.97. The molecular weight excluding hydrogens is 494 g/mol. The number of methoxy groups -OCH3 is 3. The van der Waals surface area contributed by atoms with Gasteiger partial charge in [0.15, 0.2) is 16.9 Å². The van der Waals surface area contributed by atoms with Gasteiger partial charge in [-0.15, -0.1) is 0 Å². The van der Waals surface area contributed by atoms with Crippen LogP contribution in [0.5, 0.6) is 17.2 Å². The number of hydrogen-bond donors (Lipinski definition) is 0. The van der Waals surface area contributed by atoms with Crippen molar-refractivity contribution < 1.29 is 23.4 Å². The number of carbonyl (C=O) groups excluding carboxylic acids is 1. The highest BCUT2D eigenvalue weighted by atomic mass is 35.5. The van der Waals surface area contributed by atoms with Crippen LogP contribution in [0, 0.1) is 13.8 Å². The maximum atomic E-state index is 13.9. The van der Waals surface area contributed by atoms with E-state index in [1.165, 1.54) is 21.3 Å². The second-order valence-electron chi connectivity index (χ2n) is 9.05. The topological polar surface area (TPSA) is 78.2 Å². The Labute approximate surface area is 219 Å². The van der Waals surface area contributed by atoms with Crippen molar-refractivity contribution in [3.05, 3.63) is 97.4 Å². The zero-order valence-corrected chi connectivity index (χ0v) is 21.9. The van der Waals surface area contributed by atoms with Crippen LogP contribution in [0.1, 0.15) is 44.4 Å². The Hall–Kier alpha value is -3.97. The molecule has 1 aliphatic rings. The molecule has 190 valence electrons. The summed E-state index contributed by atoms with van der Waals surface area (Å²) in [6.07, 6.45) is 0. The average Bonchev–Trinajstić information content (AvgIpc) is 3.17. The van der Waals surface area contributed by atoms with Crippen molar-refractivity contribution in [2.75, 3.05) is 21.3 Å². The Morgan fingerprint density at radius 1 is 0.919 bits per heavy atom. The Balaban J connectivity index is 1.77. The number of halogens is 1. The second kappa shape index (κ2) is 9.48. The van der Waals surface area contributed by atoms with E-state index in [4.69, 9.17) is 30.2 Å². The molecule has 4 aromatic rings. The predicted octanol–water partition coefficient (Wildman–Crippen LogP) is 5.83. The molecule has 1 amide bonds. The molecule has 0 radical (unpaired) electrons. The molecule has 0 fully saturated rings. The lowest BCUT2D eigenvalue weighted by molar-refractivity contribution is 0.0714. The van der Waals surface area contributed by atoms with E-state index in [1.54, 1.807) is 29.2 Å². The highest BCUT2D eigenvalue weighted by molar-refractivity contribution is 6.32. The Kier molecular flexibility index (Phi) is 6.33. The number of nitrogens with zero attached hydrogens (tertiary/aromatic N) is 1. The number of hydrogen-bond acceptors (Lipinski definition) is 6. The summed E-state index contributed by atoms with van der Waals surface area (Å²) in [5.41, 5.74) is 3.66. The van der Waals surface area contributed by atoms with Crippen molar-refractivity contribution in [2.45, 2.75) is 26.4 Å². The molecule has 8 heteroatoms. The SMILES string of the molecule is COc1cc(C2c3c(oc4cc(C)c(Cl)cc4c3=O)C(=O)N2Cc2ccc(C)cc2)cc(OC)c1OC. The fourth-order valence-corrected chi connectivity index (χ4v) is 4.96. The predicted molar refractivity (Wildman–Crippen MR) is 141 cm³/mol. The molecule has 5 rings (SSSR count). The lowest BCUT2D eigenvalue weighted by Gasteiger charge is -2.26. The van der Waals surface area contributed by atoms with E-state index in [1.807, 2.05) is 38.1 Å². The summed E-state index contributed by atoms with van der Waals surface area (Å²) in [5.74, 6) is 0.885. The molecule has 0 spiro atoms. The van der Waals surface area contributed by atoms with Crippen LogP contribution < -0.4 is 19.6 Å². The van der Waals surface area contributed by atoms with E-state index < -0.39 is 6.04 Å². The third-order valence-corrected chi connectivity index (χ3v) is 7.13. The molecule has 0 N–H and O–H groups in total. The van der Waals surface area contributed by atoms with E-state index in [2.05, 4.69) is 0 Å². The second-order valence-corrected chi connectivity index (χ2v) is 9.46. The van der Waals surface area contributed by atoms with E-state index in [9.17, 15) is 9.59 Å². The fourth-order valence-electron chi connectivity index (χ4n) is 4.80. The Morgan fingerprint density at radius 3 is 2.16 bits per heavy atom. The number of amides is 1. The summed E-state index contributed by atoms with van der Waals surface area (Å²) in [6, 6.07) is 13.9. The monoisotopic (exact) mass is 519 g/mol. The van der Waals surface area contributed by atoms with Gasteiger partial charge in [-0.05, 0) is 54.8 Å². The first kappa shape index (κ1) is 24.7. The van der Waals surface area contributed by atoms with Crippen LogP contribution in [0.3, 0.4) is 0 Å². The number of aryl methyl sites for hydroxylation is 2. The van der Waals surface area contributed by atoms with Crippen molar-refractivity contribution >= 4 is 28.5 Å². The molecule has 7 nitrogen and oxygen atoms in total. The van der Waals surface area contributed by atoms with Gasteiger partial charge in [0.2, 0.25) is 11.5 Å². The molecular formula is C29H26ClNO6. The van der Waals surface area contributed by atoms with Gasteiger partial charge in [0.05, 0.1) is 38.3 Å². The standard InChI is InChI=1S/C29H26ClNO6/c1-15-6-8-17(9-7-15)14-31-25(18-11-22(34-3)27(36-5)23(12-18)35-4)24-26(32)19-13-20(30)16(2)10-21(19)37-28(24)29(31)33/h6-13,25H,14H2,1-5H3. The van der Waals surface area contributed by atoms with Crippen LogP contribution in [0.25, 0.3) is 11.0 Å². The van der Waals surface area contributed by atoms with E-state index >= 15 is 0 Å². The first-order chi connectivity index (χ1) is 17.8. The lowest BCUT2D eigenvalue weighted by Crippen LogP contribution is -2.29. The van der Waals surface area contributed by atoms with Gasteiger partial charge in [0.25, 0.3) is 5.91 Å². The summed E-state index contributed by atoms with van der Waals surface area (Å²) in [5, 5.41) is 0.765. The molecule has 0 bridgehead atoms. The van der Waals surface area contributed by atoms with Gasteiger partial charge >= 0.3 is 0 Å². The van der Waals surface area contributed by atoms with Gasteiger partial charge in [-0.3, -0.25) is 9.59 Å². The molecule has 3 aromatic carbocycles. The third-order valence-electron chi connectivity index (χ3n) is 6.72. The number of ether oxygens (including phenoxy) is 3. The minimum Gasteiger partial charge on any atom is -0.493 e. The van der Waals surface area contributed by atoms with Crippen LogP contribution in [0.2, 0.25) is 5.02 Å². The van der Waals surface area contributed by atoms with Crippen LogP contribution in [0.15, 0.2) is 57.7 Å². The molecule has 0 saturated carbocycles. The van der Waals surface area contributed by atoms with Crippen LogP contribution >= 0.6 is 11.6 Å². The molecule has 1 aliphatic heterocycles. The summed E-state index contributed by atoms with van der Waals surface area (Å²) in [6.45, 7) is 4.08. The van der Waals surface area contributed by atoms with E-state index in [0.717, 1.165) is 16.7 Å². The van der Waals surface area contributed by atoms with E-state index in [-0.39, 0.29) is 29.2 Å². The van der Waals surface area contributed by atoms with Gasteiger partial charge in [-0.25, -0.2) is 0 Å². The summed E-state index contributed by atoms with van der Waals surface area (Å²) >= 11 is 6.35. The zero-order chi connectivity index (χ0) is 26.4. The van der Waals surface area contributed by atoms with Gasteiger partial charge in [-0.1, -0.05) is 41.4 Å². The first-order valence-corrected chi connectivity index (χ1v) is 12.1. The molecule has 0 aliphatic carbocycles. The maximum Gasteiger partial charge on any atom is 0.291 e. The maximum absolute atomic E-state index is 13.9. The third kappa shape index (κ3) is 4.09. The van der Waals surface area contributed by atoms with Crippen molar-refractivity contribution in [1.82, 2.24) is 4.90 Å². The van der Waals surface area contributed by atoms with Crippen molar-refractivity contribution in [2.24, 2.45) is 0 Å². The highest BCUT2D eigenvalue weighted by Gasteiger charge is 2.43. The van der Waals surface area contributed by atoms with Crippen molar-refractivity contribution in [3.63, 3.8) is 0 Å². The van der Waals surface area contributed by atoms with Crippen LogP contribution in [-0.4, -0.2) is 32.1 Å². The van der Waals surface area contributed by atoms with Crippen LogP contribution in [0.4, 0.5) is 0 Å². The molecule has 1 atom stereocenters. The van der Waals surface area contributed by atoms with E-state index in [0.29, 0.717) is 38.8 Å². The van der Waals surface area contributed by atoms with Gasteiger partial charge in [-0.2, -0.15) is 0 Å². The molecule has 2 heterocycles. The van der Waals surface area contributed by atoms with Crippen molar-refractivity contribution in [3.8, 4) is 17.2 Å². The molecule has 1 aromatic heterocycles. The summed E-state index contributed by atoms with van der Waals surface area (Å²) < 4.78 is 22.7. The molecule has 1 unspecified atom stereocenters. The molecule has 37 heavy (non-hydrogen) atoms. The minimum absolute atomic E-state index is 0.0186. The normalized spacial score (nSPS) is 14.7. The Bertz CT molecular complexity index is 1570.